The van der Waals surface area contributed by atoms with Crippen LogP contribution in [0.4, 0.5) is 11.4 Å². The number of hydrogen-bond acceptors (Lipinski definition) is 15. The van der Waals surface area contributed by atoms with Gasteiger partial charge in [-0.15, -0.1) is 6.54 Å². The summed E-state index contributed by atoms with van der Waals surface area (Å²) in [4.78, 5) is 17.8. The number of carbonyl (C=O) groups is 1. The molecule has 3 aliphatic rings. The number of rotatable bonds is 31. The van der Waals surface area contributed by atoms with Crippen molar-refractivity contribution in [1.82, 2.24) is 10.7 Å². The van der Waals surface area contributed by atoms with Crippen molar-refractivity contribution in [3.63, 3.8) is 0 Å². The second-order valence-corrected chi connectivity index (χ2v) is 25.9. The molecule has 89 heavy (non-hydrogen) atoms. The molecule has 4 atom stereocenters. The molecule has 2 aliphatic heterocycles. The molecule has 17 nitrogen and oxygen atoms in total. The SMILES string of the molecule is C/C=N/NC(C)=Nc1ccc(OC)cc1C(=N)c1ccc(Cl)cc1.CC.CO.C[N-]CCCCCNC(=O)CCCCCC1(C)C(/C=C/C=C/C=C2\OC3C=CC(SC)CC3C2(C)C)=[N+](CCCCSO)c2ccc(SO)cc21.NCCCCS(=O)(=O)O.[K+]. The third-order valence-corrected chi connectivity index (χ3v) is 17.9. The normalized spacial score (nSPS) is 18.5. The van der Waals surface area contributed by atoms with E-state index in [-0.39, 0.29) is 80.0 Å². The van der Waals surface area contributed by atoms with Gasteiger partial charge < -0.3 is 40.1 Å². The standard InChI is InChI=1S/C41H61N3O4S3.C18H19ClN4O.C4H11NO3S.C2H6.CH4O.K/c1-40(2)34-29-31(49-5)21-23-36(34)48-38(40)18-10-6-9-17-37-41(3,24-12-7-11-19-39(45)43-26-14-8-13-25-42-4)33-30-32(51-47)20-22-35(33)44(37)27-15-16-28-50-46;1-4-21-23-12(2)22-17-10-9-15(24-3)11-16(17)18(20)13-5-7-14(19)8-6-13;5-3-1-2-4-9(6,7)8;2*1-2;/h6,9-10,17-18,20-23,30-31,34,36,46-47H,7-8,11-16,19,24-29H2,1-5H3,(H,43,45);4-11,20H,1-3H3,(H,22,23);1-5H2,(H,6,7,8);1-2H3;2H,1H3;/q;;;;;+1/b10-6+,17-9+,38-18-;20-18?,21-4+;;;;. The fraction of sp³-hybridized carbons (Fsp3) is 0.530. The minimum Gasteiger partial charge on any atom is -0.665 e. The van der Waals surface area contributed by atoms with Gasteiger partial charge in [0.1, 0.15) is 30.0 Å². The van der Waals surface area contributed by atoms with Gasteiger partial charge in [0.05, 0.1) is 29.7 Å². The van der Waals surface area contributed by atoms with Crippen molar-refractivity contribution >= 4 is 98.3 Å². The number of allylic oxidation sites excluding steroid dienone is 6. The first-order valence-corrected chi connectivity index (χ1v) is 35.3. The number of amidine groups is 1. The number of nitrogens with zero attached hydrogens (tertiary/aromatic N) is 4. The number of halogens is 1. The number of hydrazone groups is 1. The van der Waals surface area contributed by atoms with Crippen LogP contribution in [0, 0.1) is 16.7 Å². The number of benzene rings is 3. The molecule has 9 N–H and O–H groups in total. The van der Waals surface area contributed by atoms with Crippen molar-refractivity contribution in [2.45, 2.75) is 154 Å². The number of unbranched alkanes of at least 4 members (excludes halogenated alkanes) is 6. The van der Waals surface area contributed by atoms with Gasteiger partial charge in [0.15, 0.2) is 5.71 Å². The van der Waals surface area contributed by atoms with Crippen molar-refractivity contribution < 1.29 is 97.4 Å². The van der Waals surface area contributed by atoms with Crippen molar-refractivity contribution in [3.05, 3.63) is 136 Å². The van der Waals surface area contributed by atoms with E-state index in [2.05, 4.69) is 112 Å². The van der Waals surface area contributed by atoms with E-state index in [0.29, 0.717) is 70.5 Å². The van der Waals surface area contributed by atoms with Crippen LogP contribution in [0.2, 0.25) is 5.02 Å². The number of carbonyl (C=O) groups excluding carboxylic acids is 1. The van der Waals surface area contributed by atoms with E-state index in [9.17, 15) is 22.3 Å². The number of fused-ring (bicyclic) bond motifs is 2. The van der Waals surface area contributed by atoms with E-state index >= 15 is 0 Å². The largest absolute Gasteiger partial charge is 1.00 e. The molecule has 23 heteroatoms. The Labute approximate surface area is 593 Å². The summed E-state index contributed by atoms with van der Waals surface area (Å²) in [6, 6.07) is 18.9. The molecule has 490 valence electrons. The summed E-state index contributed by atoms with van der Waals surface area (Å²) in [5, 5.41) is 27.9. The van der Waals surface area contributed by atoms with Crippen LogP contribution in [0.1, 0.15) is 149 Å². The minimum atomic E-state index is -3.75. The molecule has 1 fully saturated rings. The molecule has 0 radical (unpaired) electrons. The zero-order valence-corrected chi connectivity index (χ0v) is 61.9. The van der Waals surface area contributed by atoms with E-state index in [1.165, 1.54) is 17.0 Å². The molecule has 2 heterocycles. The van der Waals surface area contributed by atoms with E-state index in [4.69, 9.17) is 41.9 Å². The smallest absolute Gasteiger partial charge is 0.665 e. The number of aliphatic hydroxyl groups excluding tert-OH is 1. The van der Waals surface area contributed by atoms with Crippen molar-refractivity contribution in [3.8, 4) is 5.75 Å². The molecule has 1 aliphatic carbocycles. The summed E-state index contributed by atoms with van der Waals surface area (Å²) in [6.45, 7) is 17.5. The average molecular weight is 1350 g/mol. The Kier molecular flexibility index (Phi) is 44.1. The van der Waals surface area contributed by atoms with Gasteiger partial charge >= 0.3 is 51.4 Å². The van der Waals surface area contributed by atoms with Gasteiger partial charge in [-0.1, -0.05) is 101 Å². The van der Waals surface area contributed by atoms with E-state index in [1.807, 2.05) is 76.8 Å². The Morgan fingerprint density at radius 1 is 0.955 bits per heavy atom. The fourth-order valence-corrected chi connectivity index (χ4v) is 12.3. The van der Waals surface area contributed by atoms with Crippen LogP contribution in [0.15, 0.2) is 124 Å². The molecule has 0 spiro atoms. The van der Waals surface area contributed by atoms with Crippen LogP contribution in [0.25, 0.3) is 5.32 Å². The van der Waals surface area contributed by atoms with Crippen LogP contribution in [-0.4, -0.2) is 138 Å². The first kappa shape index (κ1) is 83.9. The number of amides is 1. The Morgan fingerprint density at radius 3 is 2.31 bits per heavy atom. The molecular formula is C66H101ClKN8O9S4+. The van der Waals surface area contributed by atoms with E-state index < -0.39 is 10.1 Å². The molecule has 0 saturated carbocycles. The summed E-state index contributed by atoms with van der Waals surface area (Å²) in [5.74, 6) is 3.51. The number of nitrogens with two attached hydrogens (primary N) is 1. The number of methoxy groups -OCH3 is 1. The zero-order chi connectivity index (χ0) is 65.5. The molecule has 3 aromatic rings. The second-order valence-electron chi connectivity index (χ2n) is 21.5. The summed E-state index contributed by atoms with van der Waals surface area (Å²) < 4.78 is 61.7. The molecule has 6 rings (SSSR count). The third-order valence-electron chi connectivity index (χ3n) is 15.0. The van der Waals surface area contributed by atoms with Gasteiger partial charge in [0.25, 0.3) is 10.1 Å². The Hall–Kier alpha value is -3.14. The molecule has 0 bridgehead atoms. The molecular weight excluding hydrogens is 1250 g/mol. The maximum absolute atomic E-state index is 12.5. The van der Waals surface area contributed by atoms with E-state index in [0.717, 1.165) is 137 Å². The summed E-state index contributed by atoms with van der Waals surface area (Å²) in [5.41, 5.74) is 13.7. The number of hydrogen-bond donors (Lipinski definition) is 8. The second kappa shape index (κ2) is 46.8. The van der Waals surface area contributed by atoms with Gasteiger partial charge in [-0.05, 0) is 145 Å². The topological polar surface area (TPSA) is 266 Å². The Bertz CT molecular complexity index is 2910. The Morgan fingerprint density at radius 2 is 1.67 bits per heavy atom. The van der Waals surface area contributed by atoms with Crippen LogP contribution in [-0.2, 0) is 25.1 Å². The number of aliphatic imine (C=N–C) groups is 1. The predicted molar refractivity (Wildman–Crippen MR) is 375 cm³/mol. The first-order valence-electron chi connectivity index (χ1n) is 30.3. The minimum absolute atomic E-state index is 0. The van der Waals surface area contributed by atoms with Gasteiger partial charge in [-0.25, -0.2) is 4.99 Å². The number of nitrogens with one attached hydrogen (secondary N) is 3. The van der Waals surface area contributed by atoms with Crippen molar-refractivity contribution in [1.29, 1.82) is 5.41 Å². The fourth-order valence-electron chi connectivity index (χ4n) is 10.3. The zero-order valence-electron chi connectivity index (χ0n) is 54.8. The van der Waals surface area contributed by atoms with Crippen molar-refractivity contribution in [2.24, 2.45) is 27.2 Å². The molecule has 0 aromatic heterocycles. The number of thioether (sulfide) groups is 1. The van der Waals surface area contributed by atoms with Crippen LogP contribution in [0.3, 0.4) is 0 Å². The summed E-state index contributed by atoms with van der Waals surface area (Å²) in [6.07, 6.45) is 30.9. The number of aliphatic hydroxyl groups is 1. The molecule has 3 aromatic carbocycles. The summed E-state index contributed by atoms with van der Waals surface area (Å²) in [7, 11) is 0.688. The summed E-state index contributed by atoms with van der Waals surface area (Å²) >= 11 is 9.54. The van der Waals surface area contributed by atoms with Gasteiger partial charge in [0, 0.05) is 106 Å². The van der Waals surface area contributed by atoms with Crippen LogP contribution >= 0.6 is 47.4 Å². The van der Waals surface area contributed by atoms with Crippen molar-refractivity contribution in [2.75, 3.05) is 65.2 Å². The van der Waals surface area contributed by atoms with Gasteiger partial charge in [-0.3, -0.25) is 20.2 Å². The van der Waals surface area contributed by atoms with Crippen LogP contribution in [0.5, 0.6) is 5.75 Å². The predicted octanol–water partition coefficient (Wildman–Crippen LogP) is 12.2. The molecule has 4 unspecified atom stereocenters. The number of ether oxygens (including phenoxy) is 2. The van der Waals surface area contributed by atoms with Gasteiger partial charge in [-0.2, -0.15) is 36.9 Å². The Balaban J connectivity index is 0.000000858. The maximum atomic E-state index is 12.5. The molecule has 1 saturated heterocycles. The third kappa shape index (κ3) is 29.4. The average Bonchev–Trinajstić information content (AvgIpc) is 1.66. The quantitative estimate of drug-likeness (QED) is 0.00285. The van der Waals surface area contributed by atoms with Gasteiger partial charge in [0.2, 0.25) is 11.6 Å². The monoisotopic (exact) mass is 1350 g/mol. The van der Waals surface area contributed by atoms with Crippen LogP contribution < -0.4 is 72.6 Å². The first-order chi connectivity index (χ1) is 42.3. The maximum Gasteiger partial charge on any atom is 1.00 e. The molecule has 1 amide bonds. The van der Waals surface area contributed by atoms with E-state index in [1.54, 1.807) is 31.5 Å².